The maximum Gasteiger partial charge on any atom is 0.374 e. The van der Waals surface area contributed by atoms with Crippen molar-refractivity contribution in [1.29, 1.82) is 0 Å². The van der Waals surface area contributed by atoms with Gasteiger partial charge >= 0.3 is 8.56 Å². The molecule has 1 heterocycles. The number of ether oxygens (including phenoxy) is 2. The van der Waals surface area contributed by atoms with E-state index in [1.807, 2.05) is 20.8 Å². The molecule has 0 aliphatic carbocycles. The SMILES string of the molecule is CCOC1(CC)C(OC)CCC[Si]1(OCC)OCC. The van der Waals surface area contributed by atoms with Crippen LogP contribution in [-0.2, 0) is 18.3 Å². The topological polar surface area (TPSA) is 36.9 Å². The van der Waals surface area contributed by atoms with Gasteiger partial charge in [0.2, 0.25) is 0 Å². The van der Waals surface area contributed by atoms with Crippen molar-refractivity contribution >= 4 is 8.56 Å². The molecule has 0 bridgehead atoms. The zero-order valence-electron chi connectivity index (χ0n) is 13.2. The fraction of sp³-hybridized carbons (Fsp3) is 1.00. The first-order valence-electron chi connectivity index (χ1n) is 7.60. The average molecular weight is 290 g/mol. The second-order valence-electron chi connectivity index (χ2n) is 4.91. The molecule has 2 atom stereocenters. The molecule has 0 aromatic rings. The van der Waals surface area contributed by atoms with E-state index in [-0.39, 0.29) is 11.3 Å². The van der Waals surface area contributed by atoms with Gasteiger partial charge in [0.05, 0.1) is 6.10 Å². The second-order valence-corrected chi connectivity index (χ2v) is 8.34. The first-order chi connectivity index (χ1) is 9.16. The van der Waals surface area contributed by atoms with E-state index >= 15 is 0 Å². The van der Waals surface area contributed by atoms with Gasteiger partial charge in [0, 0.05) is 26.9 Å². The molecule has 1 aliphatic rings. The van der Waals surface area contributed by atoms with Crippen LogP contribution in [0.4, 0.5) is 0 Å². The number of methoxy groups -OCH3 is 1. The third-order valence-corrected chi connectivity index (χ3v) is 8.73. The van der Waals surface area contributed by atoms with Crippen molar-refractivity contribution in [2.45, 2.75) is 64.3 Å². The molecule has 19 heavy (non-hydrogen) atoms. The van der Waals surface area contributed by atoms with Gasteiger partial charge < -0.3 is 18.3 Å². The van der Waals surface area contributed by atoms with Gasteiger partial charge in [-0.3, -0.25) is 0 Å². The molecule has 1 fully saturated rings. The second kappa shape index (κ2) is 7.74. The highest BCUT2D eigenvalue weighted by atomic mass is 28.4. The van der Waals surface area contributed by atoms with E-state index in [1.165, 1.54) is 0 Å². The molecule has 0 saturated carbocycles. The van der Waals surface area contributed by atoms with Crippen molar-refractivity contribution < 1.29 is 18.3 Å². The summed E-state index contributed by atoms with van der Waals surface area (Å²) < 4.78 is 24.4. The summed E-state index contributed by atoms with van der Waals surface area (Å²) in [5, 5.41) is -0.374. The normalized spacial score (nSPS) is 30.5. The Balaban J connectivity index is 3.18. The van der Waals surface area contributed by atoms with Crippen LogP contribution in [0.5, 0.6) is 0 Å². The van der Waals surface area contributed by atoms with E-state index in [9.17, 15) is 0 Å². The predicted octanol–water partition coefficient (Wildman–Crippen LogP) is 3.03. The van der Waals surface area contributed by atoms with E-state index in [4.69, 9.17) is 18.3 Å². The highest BCUT2D eigenvalue weighted by molar-refractivity contribution is 6.71. The largest absolute Gasteiger partial charge is 0.393 e. The molecule has 0 spiro atoms. The van der Waals surface area contributed by atoms with Crippen LogP contribution in [0.2, 0.25) is 6.04 Å². The molecule has 0 amide bonds. The first-order valence-corrected chi connectivity index (χ1v) is 9.63. The van der Waals surface area contributed by atoms with Gasteiger partial charge in [-0.25, -0.2) is 0 Å². The molecule has 0 N–H and O–H groups in total. The lowest BCUT2D eigenvalue weighted by Gasteiger charge is -2.52. The summed E-state index contributed by atoms with van der Waals surface area (Å²) in [6, 6.07) is 1.00. The third-order valence-electron chi connectivity index (χ3n) is 4.10. The van der Waals surface area contributed by atoms with Crippen LogP contribution in [0, 0.1) is 0 Å². The lowest BCUT2D eigenvalue weighted by atomic mass is 10.0. The van der Waals surface area contributed by atoms with Crippen LogP contribution >= 0.6 is 0 Å². The van der Waals surface area contributed by atoms with Crippen molar-refractivity contribution in [2.24, 2.45) is 0 Å². The summed E-state index contributed by atoms with van der Waals surface area (Å²) >= 11 is 0. The standard InChI is InChI=1S/C14H30O4Si/c1-6-14(16-7-2)13(15-5)11-10-12-19(14,17-8-3)18-9-4/h13H,6-12H2,1-5H3. The monoisotopic (exact) mass is 290 g/mol. The van der Waals surface area contributed by atoms with Crippen LogP contribution in [0.1, 0.15) is 47.0 Å². The summed E-state index contributed by atoms with van der Waals surface area (Å²) in [4.78, 5) is 0. The Kier molecular flexibility index (Phi) is 6.97. The molecular weight excluding hydrogens is 260 g/mol. The molecule has 1 aliphatic heterocycles. The smallest absolute Gasteiger partial charge is 0.374 e. The third kappa shape index (κ3) is 3.05. The predicted molar refractivity (Wildman–Crippen MR) is 78.5 cm³/mol. The van der Waals surface area contributed by atoms with Crippen LogP contribution in [0.15, 0.2) is 0 Å². The highest BCUT2D eigenvalue weighted by Crippen LogP contribution is 2.44. The minimum absolute atomic E-state index is 0.0796. The molecule has 0 aromatic carbocycles. The minimum atomic E-state index is -2.41. The number of hydrogen-bond donors (Lipinski definition) is 0. The maximum absolute atomic E-state index is 6.23. The van der Waals surface area contributed by atoms with Crippen molar-refractivity contribution in [3.63, 3.8) is 0 Å². The molecule has 0 aromatic heterocycles. The van der Waals surface area contributed by atoms with Crippen LogP contribution in [0.3, 0.4) is 0 Å². The lowest BCUT2D eigenvalue weighted by molar-refractivity contribution is -0.125. The number of rotatable bonds is 8. The lowest BCUT2D eigenvalue weighted by Crippen LogP contribution is -2.71. The quantitative estimate of drug-likeness (QED) is 0.644. The maximum atomic E-state index is 6.23. The Morgan fingerprint density at radius 3 is 2.11 bits per heavy atom. The zero-order valence-corrected chi connectivity index (χ0v) is 14.2. The summed E-state index contributed by atoms with van der Waals surface area (Å²) in [5.74, 6) is 0. The van der Waals surface area contributed by atoms with Gasteiger partial charge in [-0.05, 0) is 46.1 Å². The molecule has 0 radical (unpaired) electrons. The van der Waals surface area contributed by atoms with E-state index in [2.05, 4.69) is 6.92 Å². The summed E-state index contributed by atoms with van der Waals surface area (Å²) in [6.07, 6.45) is 3.08. The van der Waals surface area contributed by atoms with Gasteiger partial charge in [0.15, 0.2) is 0 Å². The summed E-state index contributed by atoms with van der Waals surface area (Å²) in [6.45, 7) is 10.3. The van der Waals surface area contributed by atoms with Crippen molar-refractivity contribution in [2.75, 3.05) is 26.9 Å². The molecular formula is C14H30O4Si. The molecule has 1 rings (SSSR count). The Hall–Kier alpha value is 0.0569. The van der Waals surface area contributed by atoms with Crippen molar-refractivity contribution in [3.8, 4) is 0 Å². The van der Waals surface area contributed by atoms with Gasteiger partial charge in [-0.2, -0.15) is 0 Å². The van der Waals surface area contributed by atoms with Gasteiger partial charge in [0.1, 0.15) is 5.22 Å². The van der Waals surface area contributed by atoms with Gasteiger partial charge in [0.25, 0.3) is 0 Å². The van der Waals surface area contributed by atoms with Crippen molar-refractivity contribution in [3.05, 3.63) is 0 Å². The fourth-order valence-electron chi connectivity index (χ4n) is 3.47. The average Bonchev–Trinajstić information content (AvgIpc) is 2.41. The van der Waals surface area contributed by atoms with E-state index in [0.717, 1.165) is 25.3 Å². The fourth-order valence-corrected chi connectivity index (χ4v) is 8.02. The van der Waals surface area contributed by atoms with E-state index in [0.29, 0.717) is 19.8 Å². The van der Waals surface area contributed by atoms with Crippen LogP contribution in [0.25, 0.3) is 0 Å². The minimum Gasteiger partial charge on any atom is -0.393 e. The Morgan fingerprint density at radius 2 is 1.68 bits per heavy atom. The molecule has 4 nitrogen and oxygen atoms in total. The summed E-state index contributed by atoms with van der Waals surface area (Å²) in [7, 11) is -0.640. The summed E-state index contributed by atoms with van der Waals surface area (Å²) in [5.41, 5.74) is 0. The van der Waals surface area contributed by atoms with Crippen LogP contribution < -0.4 is 0 Å². The van der Waals surface area contributed by atoms with Crippen molar-refractivity contribution in [1.82, 2.24) is 0 Å². The molecule has 2 unspecified atom stereocenters. The van der Waals surface area contributed by atoms with E-state index < -0.39 is 8.56 Å². The van der Waals surface area contributed by atoms with E-state index in [1.54, 1.807) is 7.11 Å². The van der Waals surface area contributed by atoms with Crippen LogP contribution in [-0.4, -0.2) is 46.8 Å². The molecule has 114 valence electrons. The molecule has 5 heteroatoms. The van der Waals surface area contributed by atoms with Gasteiger partial charge in [-0.15, -0.1) is 0 Å². The Labute approximate surface area is 119 Å². The highest BCUT2D eigenvalue weighted by Gasteiger charge is 2.64. The molecule has 1 saturated heterocycles. The zero-order chi connectivity index (χ0) is 14.4. The number of hydrogen-bond acceptors (Lipinski definition) is 4. The Bertz CT molecular complexity index is 250. The van der Waals surface area contributed by atoms with Gasteiger partial charge in [-0.1, -0.05) is 6.92 Å². The first kappa shape index (κ1) is 17.1. The Morgan fingerprint density at radius 1 is 1.05 bits per heavy atom.